The first-order valence-electron chi connectivity index (χ1n) is 7.68. The molecule has 2 aromatic rings. The van der Waals surface area contributed by atoms with Crippen LogP contribution < -0.4 is 5.32 Å². The van der Waals surface area contributed by atoms with Gasteiger partial charge < -0.3 is 9.73 Å². The van der Waals surface area contributed by atoms with E-state index in [1.807, 2.05) is 30.3 Å². The second-order valence-electron chi connectivity index (χ2n) is 5.76. The van der Waals surface area contributed by atoms with Gasteiger partial charge in [-0.25, -0.2) is 0 Å². The third kappa shape index (κ3) is 3.85. The average molecular weight is 296 g/mol. The number of amides is 1. The van der Waals surface area contributed by atoms with Crippen molar-refractivity contribution in [3.8, 4) is 0 Å². The minimum Gasteiger partial charge on any atom is -0.461 e. The molecule has 0 aliphatic heterocycles. The highest BCUT2D eigenvalue weighted by atomic mass is 16.3. The quantitative estimate of drug-likeness (QED) is 0.833. The first-order valence-corrected chi connectivity index (χ1v) is 7.68. The fraction of sp³-hybridized carbons (Fsp3) is 0.333. The molecule has 3 rings (SSSR count). The average Bonchev–Trinajstić information content (AvgIpc) is 3.08. The Labute approximate surface area is 130 Å². The Kier molecular flexibility index (Phi) is 4.37. The summed E-state index contributed by atoms with van der Waals surface area (Å²) in [6, 6.07) is 9.69. The van der Waals surface area contributed by atoms with Gasteiger partial charge >= 0.3 is 0 Å². The van der Waals surface area contributed by atoms with Crippen molar-refractivity contribution in [2.45, 2.75) is 25.7 Å². The summed E-state index contributed by atoms with van der Waals surface area (Å²) in [5.74, 6) is 2.93. The molecule has 1 N–H and O–H groups in total. The lowest BCUT2D eigenvalue weighted by Gasteiger charge is -2.01. The first-order chi connectivity index (χ1) is 10.7. The molecule has 0 saturated heterocycles. The maximum absolute atomic E-state index is 11.8. The van der Waals surface area contributed by atoms with E-state index >= 15 is 0 Å². The third-order valence-corrected chi connectivity index (χ3v) is 3.93. The molecule has 2 unspecified atom stereocenters. The van der Waals surface area contributed by atoms with Gasteiger partial charge in [0.05, 0.1) is 0 Å². The van der Waals surface area contributed by atoms with E-state index in [0.717, 1.165) is 29.6 Å². The molecule has 0 bridgehead atoms. The predicted molar refractivity (Wildman–Crippen MR) is 85.2 cm³/mol. The summed E-state index contributed by atoms with van der Waals surface area (Å²) in [5.41, 5.74) is 0.973. The lowest BCUT2D eigenvalue weighted by atomic mass is 10.2. The molecule has 4 heteroatoms. The summed E-state index contributed by atoms with van der Waals surface area (Å²) >= 11 is 0. The zero-order chi connectivity index (χ0) is 15.4. The van der Waals surface area contributed by atoms with Crippen molar-refractivity contribution >= 4 is 12.0 Å². The van der Waals surface area contributed by atoms with Crippen LogP contribution in [0, 0.1) is 5.92 Å². The van der Waals surface area contributed by atoms with Crippen molar-refractivity contribution in [2.24, 2.45) is 5.92 Å². The Morgan fingerprint density at radius 2 is 2.27 bits per heavy atom. The van der Waals surface area contributed by atoms with E-state index < -0.39 is 0 Å². The number of hydrogen-bond acceptors (Lipinski definition) is 3. The maximum atomic E-state index is 11.8. The molecule has 1 fully saturated rings. The fourth-order valence-corrected chi connectivity index (χ4v) is 2.45. The zero-order valence-corrected chi connectivity index (χ0v) is 12.7. The van der Waals surface area contributed by atoms with Gasteiger partial charge in [-0.1, -0.05) is 13.0 Å². The van der Waals surface area contributed by atoms with Gasteiger partial charge in [-0.05, 0) is 42.7 Å². The van der Waals surface area contributed by atoms with Gasteiger partial charge in [0.1, 0.15) is 11.5 Å². The van der Waals surface area contributed by atoms with Crippen LogP contribution in [0.5, 0.6) is 0 Å². The van der Waals surface area contributed by atoms with Crippen LogP contribution in [-0.4, -0.2) is 17.4 Å². The Balaban J connectivity index is 1.44. The molecule has 0 aromatic carbocycles. The zero-order valence-electron chi connectivity index (χ0n) is 12.7. The Bertz CT molecular complexity index is 661. The number of carbonyl (C=O) groups is 1. The van der Waals surface area contributed by atoms with E-state index in [1.54, 1.807) is 12.3 Å². The summed E-state index contributed by atoms with van der Waals surface area (Å²) in [5, 5.41) is 2.84. The van der Waals surface area contributed by atoms with Gasteiger partial charge in [-0.3, -0.25) is 9.78 Å². The normalized spacial score (nSPS) is 20.2. The second-order valence-corrected chi connectivity index (χ2v) is 5.76. The van der Waals surface area contributed by atoms with Gasteiger partial charge in [0.2, 0.25) is 5.91 Å². The van der Waals surface area contributed by atoms with E-state index in [4.69, 9.17) is 4.42 Å². The summed E-state index contributed by atoms with van der Waals surface area (Å²) in [4.78, 5) is 16.0. The smallest absolute Gasteiger partial charge is 0.244 e. The number of furan rings is 1. The minimum absolute atomic E-state index is 0.117. The van der Waals surface area contributed by atoms with Crippen LogP contribution in [0.4, 0.5) is 0 Å². The van der Waals surface area contributed by atoms with Gasteiger partial charge in [0.15, 0.2) is 0 Å². The summed E-state index contributed by atoms with van der Waals surface area (Å²) in [6.45, 7) is 2.79. The van der Waals surface area contributed by atoms with Crippen molar-refractivity contribution in [3.05, 3.63) is 59.8 Å². The number of nitrogens with one attached hydrogen (secondary N) is 1. The van der Waals surface area contributed by atoms with Crippen molar-refractivity contribution in [1.82, 2.24) is 10.3 Å². The monoisotopic (exact) mass is 296 g/mol. The van der Waals surface area contributed by atoms with Gasteiger partial charge in [-0.15, -0.1) is 0 Å². The third-order valence-electron chi connectivity index (χ3n) is 3.93. The first kappa shape index (κ1) is 14.6. The van der Waals surface area contributed by atoms with Crippen molar-refractivity contribution < 1.29 is 9.21 Å². The van der Waals surface area contributed by atoms with E-state index in [9.17, 15) is 4.79 Å². The largest absolute Gasteiger partial charge is 0.461 e. The van der Waals surface area contributed by atoms with Crippen LogP contribution in [0.3, 0.4) is 0 Å². The predicted octanol–water partition coefficient (Wildman–Crippen LogP) is 3.17. The summed E-state index contributed by atoms with van der Waals surface area (Å²) in [6.07, 6.45) is 6.91. The maximum Gasteiger partial charge on any atom is 0.244 e. The van der Waals surface area contributed by atoms with E-state index in [0.29, 0.717) is 12.5 Å². The number of rotatable bonds is 6. The number of nitrogens with zero attached hydrogens (tertiary/aromatic N) is 1. The van der Waals surface area contributed by atoms with Crippen molar-refractivity contribution in [1.29, 1.82) is 0 Å². The topological polar surface area (TPSA) is 55.1 Å². The van der Waals surface area contributed by atoms with E-state index in [1.165, 1.54) is 12.5 Å². The number of aromatic nitrogens is 1. The molecule has 2 atom stereocenters. The van der Waals surface area contributed by atoms with Gasteiger partial charge in [-0.2, -0.15) is 0 Å². The Morgan fingerprint density at radius 1 is 1.41 bits per heavy atom. The minimum atomic E-state index is -0.117. The van der Waals surface area contributed by atoms with Crippen LogP contribution in [0.15, 0.2) is 47.0 Å². The number of hydrogen-bond donors (Lipinski definition) is 1. The van der Waals surface area contributed by atoms with Crippen LogP contribution in [0.2, 0.25) is 0 Å². The molecule has 22 heavy (non-hydrogen) atoms. The fourth-order valence-electron chi connectivity index (χ4n) is 2.45. The molecule has 1 aliphatic carbocycles. The van der Waals surface area contributed by atoms with E-state index in [-0.39, 0.29) is 5.91 Å². The molecule has 114 valence electrons. The molecule has 0 radical (unpaired) electrons. The number of pyridine rings is 1. The molecular weight excluding hydrogens is 276 g/mol. The Hall–Kier alpha value is -2.36. The van der Waals surface area contributed by atoms with E-state index in [2.05, 4.69) is 17.2 Å². The summed E-state index contributed by atoms with van der Waals surface area (Å²) < 4.78 is 5.73. The van der Waals surface area contributed by atoms with Crippen molar-refractivity contribution in [2.75, 3.05) is 6.54 Å². The van der Waals surface area contributed by atoms with Crippen LogP contribution in [0.1, 0.15) is 36.5 Å². The molecule has 1 aliphatic rings. The molecule has 4 nitrogen and oxygen atoms in total. The molecule has 1 amide bonds. The summed E-state index contributed by atoms with van der Waals surface area (Å²) in [7, 11) is 0. The highest BCUT2D eigenvalue weighted by molar-refractivity contribution is 5.91. The highest BCUT2D eigenvalue weighted by Gasteiger charge is 2.36. The lowest BCUT2D eigenvalue weighted by Crippen LogP contribution is -2.23. The molecule has 0 spiro atoms. The lowest BCUT2D eigenvalue weighted by molar-refractivity contribution is -0.116. The number of carbonyl (C=O) groups excluding carboxylic acids is 1. The van der Waals surface area contributed by atoms with Crippen LogP contribution in [0.25, 0.3) is 6.08 Å². The van der Waals surface area contributed by atoms with Crippen LogP contribution >= 0.6 is 0 Å². The molecule has 2 heterocycles. The molecule has 2 aromatic heterocycles. The second kappa shape index (κ2) is 6.60. The Morgan fingerprint density at radius 3 is 3.00 bits per heavy atom. The van der Waals surface area contributed by atoms with Gasteiger partial charge in [0.25, 0.3) is 0 Å². The SMILES string of the molecule is CC1CC1c1ccc(C=CC(=O)NCCc2ccccn2)o1. The highest BCUT2D eigenvalue weighted by Crippen LogP contribution is 2.47. The molecule has 1 saturated carbocycles. The van der Waals surface area contributed by atoms with Crippen molar-refractivity contribution in [3.63, 3.8) is 0 Å². The standard InChI is InChI=1S/C18H20N2O2/c1-13-12-16(13)17-7-5-15(22-17)6-8-18(21)20-11-9-14-4-2-3-10-19-14/h2-8,10,13,16H,9,11-12H2,1H3,(H,20,21). The van der Waals surface area contributed by atoms with Gasteiger partial charge in [0, 0.05) is 36.9 Å². The van der Waals surface area contributed by atoms with Crippen LogP contribution in [-0.2, 0) is 11.2 Å². The molecular formula is C18H20N2O2.